The molecule has 3 rings (SSSR count). The van der Waals surface area contributed by atoms with Crippen LogP contribution in [0.3, 0.4) is 0 Å². The normalized spacial score (nSPS) is 10.4. The minimum Gasteiger partial charge on any atom is -0.365 e. The highest BCUT2D eigenvalue weighted by molar-refractivity contribution is 5.91. The summed E-state index contributed by atoms with van der Waals surface area (Å²) in [5, 5.41) is 5.80. The number of halogens is 1. The third kappa shape index (κ3) is 4.63. The topological polar surface area (TPSA) is 66.9 Å². The van der Waals surface area contributed by atoms with Crippen molar-refractivity contribution in [2.45, 2.75) is 20.0 Å². The molecule has 0 spiro atoms. The molecule has 3 aromatic rings. The van der Waals surface area contributed by atoms with Gasteiger partial charge in [0.15, 0.2) is 0 Å². The third-order valence-corrected chi connectivity index (χ3v) is 3.84. The van der Waals surface area contributed by atoms with Crippen LogP contribution in [-0.2, 0) is 13.1 Å². The third-order valence-electron chi connectivity index (χ3n) is 3.84. The van der Waals surface area contributed by atoms with E-state index in [4.69, 9.17) is 0 Å². The van der Waals surface area contributed by atoms with E-state index < -0.39 is 0 Å². The lowest BCUT2D eigenvalue weighted by atomic mass is 10.1. The Hall–Kier alpha value is -3.28. The van der Waals surface area contributed by atoms with E-state index in [1.807, 2.05) is 31.2 Å². The van der Waals surface area contributed by atoms with Crippen molar-refractivity contribution in [2.75, 3.05) is 5.32 Å². The Morgan fingerprint density at radius 2 is 1.88 bits per heavy atom. The van der Waals surface area contributed by atoms with Crippen molar-refractivity contribution < 1.29 is 9.18 Å². The molecular weight excluding hydrogens is 331 g/mol. The largest absolute Gasteiger partial charge is 0.365 e. The van der Waals surface area contributed by atoms with Gasteiger partial charge >= 0.3 is 0 Å². The zero-order valence-electron chi connectivity index (χ0n) is 14.4. The van der Waals surface area contributed by atoms with Crippen molar-refractivity contribution in [3.8, 4) is 0 Å². The summed E-state index contributed by atoms with van der Waals surface area (Å²) in [5.74, 6) is -0.0942. The van der Waals surface area contributed by atoms with Crippen LogP contribution in [0.5, 0.6) is 0 Å². The van der Waals surface area contributed by atoms with Crippen molar-refractivity contribution in [3.05, 3.63) is 89.1 Å². The van der Waals surface area contributed by atoms with E-state index in [0.717, 1.165) is 11.1 Å². The Morgan fingerprint density at radius 1 is 1.04 bits per heavy atom. The highest BCUT2D eigenvalue weighted by atomic mass is 19.1. The zero-order valence-corrected chi connectivity index (χ0v) is 14.4. The molecule has 0 aliphatic heterocycles. The van der Waals surface area contributed by atoms with E-state index in [1.165, 1.54) is 18.5 Å². The summed E-state index contributed by atoms with van der Waals surface area (Å²) >= 11 is 0. The molecule has 0 fully saturated rings. The molecule has 26 heavy (non-hydrogen) atoms. The van der Waals surface area contributed by atoms with Gasteiger partial charge in [0.1, 0.15) is 17.3 Å². The number of anilines is 1. The molecule has 0 saturated carbocycles. The van der Waals surface area contributed by atoms with Gasteiger partial charge in [-0.15, -0.1) is 0 Å². The van der Waals surface area contributed by atoms with Gasteiger partial charge < -0.3 is 10.6 Å². The number of aromatic nitrogens is 2. The van der Waals surface area contributed by atoms with Crippen LogP contribution in [0.1, 0.15) is 27.2 Å². The van der Waals surface area contributed by atoms with E-state index in [1.54, 1.807) is 18.2 Å². The van der Waals surface area contributed by atoms with Crippen LogP contribution in [0, 0.1) is 12.7 Å². The molecule has 0 saturated heterocycles. The summed E-state index contributed by atoms with van der Waals surface area (Å²) in [6.45, 7) is 2.72. The fraction of sp³-hybridized carbons (Fsp3) is 0.150. The SMILES string of the molecule is Cc1cccc(CNC(=O)c2cnc(NCc3ccccc3F)cn2)c1. The van der Waals surface area contributed by atoms with E-state index in [9.17, 15) is 9.18 Å². The molecule has 2 aromatic carbocycles. The number of rotatable bonds is 6. The maximum atomic E-state index is 13.6. The van der Waals surface area contributed by atoms with Gasteiger partial charge in [-0.25, -0.2) is 14.4 Å². The maximum Gasteiger partial charge on any atom is 0.271 e. The second-order valence-electron chi connectivity index (χ2n) is 5.90. The average Bonchev–Trinajstić information content (AvgIpc) is 2.66. The number of aryl methyl sites for hydroxylation is 1. The number of benzene rings is 2. The fourth-order valence-electron chi connectivity index (χ4n) is 2.46. The van der Waals surface area contributed by atoms with Crippen LogP contribution in [0.4, 0.5) is 10.2 Å². The number of carbonyl (C=O) groups excluding carboxylic acids is 1. The maximum absolute atomic E-state index is 13.6. The quantitative estimate of drug-likeness (QED) is 0.714. The molecule has 0 radical (unpaired) electrons. The average molecular weight is 350 g/mol. The summed E-state index contributed by atoms with van der Waals surface area (Å²) < 4.78 is 13.6. The van der Waals surface area contributed by atoms with E-state index in [0.29, 0.717) is 24.5 Å². The van der Waals surface area contributed by atoms with Crippen molar-refractivity contribution in [2.24, 2.45) is 0 Å². The van der Waals surface area contributed by atoms with Crippen molar-refractivity contribution >= 4 is 11.7 Å². The van der Waals surface area contributed by atoms with Gasteiger partial charge in [-0.1, -0.05) is 48.0 Å². The monoisotopic (exact) mass is 350 g/mol. The van der Waals surface area contributed by atoms with Gasteiger partial charge in [-0.05, 0) is 18.6 Å². The van der Waals surface area contributed by atoms with Crippen LogP contribution in [0.2, 0.25) is 0 Å². The van der Waals surface area contributed by atoms with E-state index >= 15 is 0 Å². The van der Waals surface area contributed by atoms with Crippen molar-refractivity contribution in [1.29, 1.82) is 0 Å². The fourth-order valence-corrected chi connectivity index (χ4v) is 2.46. The van der Waals surface area contributed by atoms with Crippen molar-refractivity contribution in [1.82, 2.24) is 15.3 Å². The molecule has 1 heterocycles. The van der Waals surface area contributed by atoms with Crippen LogP contribution >= 0.6 is 0 Å². The van der Waals surface area contributed by atoms with Gasteiger partial charge in [0.25, 0.3) is 5.91 Å². The van der Waals surface area contributed by atoms with Crippen LogP contribution in [0.15, 0.2) is 60.9 Å². The Balaban J connectivity index is 1.55. The van der Waals surface area contributed by atoms with Gasteiger partial charge in [-0.2, -0.15) is 0 Å². The number of hydrogen-bond donors (Lipinski definition) is 2. The summed E-state index contributed by atoms with van der Waals surface area (Å²) in [6.07, 6.45) is 2.86. The molecule has 1 aromatic heterocycles. The van der Waals surface area contributed by atoms with Gasteiger partial charge in [0.05, 0.1) is 12.4 Å². The lowest BCUT2D eigenvalue weighted by Gasteiger charge is -2.08. The van der Waals surface area contributed by atoms with Crippen LogP contribution < -0.4 is 10.6 Å². The molecule has 0 bridgehead atoms. The Labute approximate surface area is 151 Å². The minimum atomic E-state index is -0.292. The van der Waals surface area contributed by atoms with E-state index in [-0.39, 0.29) is 17.4 Å². The number of nitrogens with one attached hydrogen (secondary N) is 2. The molecule has 0 unspecified atom stereocenters. The number of nitrogens with zero attached hydrogens (tertiary/aromatic N) is 2. The van der Waals surface area contributed by atoms with Crippen molar-refractivity contribution in [3.63, 3.8) is 0 Å². The standard InChI is InChI=1S/C20H19FN4O/c1-14-5-4-6-15(9-14)10-25-20(26)18-12-24-19(13-22-18)23-11-16-7-2-3-8-17(16)21/h2-9,12-13H,10-11H2,1H3,(H,23,24)(H,25,26). The zero-order chi connectivity index (χ0) is 18.4. The lowest BCUT2D eigenvalue weighted by Crippen LogP contribution is -2.24. The molecule has 132 valence electrons. The molecule has 0 atom stereocenters. The van der Waals surface area contributed by atoms with Gasteiger partial charge in [0, 0.05) is 18.7 Å². The molecular formula is C20H19FN4O. The summed E-state index contributed by atoms with van der Waals surface area (Å²) in [7, 11) is 0. The summed E-state index contributed by atoms with van der Waals surface area (Å²) in [5.41, 5.74) is 2.93. The highest BCUT2D eigenvalue weighted by Crippen LogP contribution is 2.09. The number of carbonyl (C=O) groups is 1. The van der Waals surface area contributed by atoms with Gasteiger partial charge in [0.2, 0.25) is 0 Å². The summed E-state index contributed by atoms with van der Waals surface area (Å²) in [4.78, 5) is 20.4. The Morgan fingerprint density at radius 3 is 2.62 bits per heavy atom. The highest BCUT2D eigenvalue weighted by Gasteiger charge is 2.08. The Bertz CT molecular complexity index is 896. The first-order chi connectivity index (χ1) is 12.6. The minimum absolute atomic E-state index is 0.231. The van der Waals surface area contributed by atoms with Gasteiger partial charge in [-0.3, -0.25) is 4.79 Å². The molecule has 2 N–H and O–H groups in total. The molecule has 6 heteroatoms. The predicted octanol–water partition coefficient (Wildman–Crippen LogP) is 3.47. The molecule has 0 aliphatic carbocycles. The first-order valence-corrected chi connectivity index (χ1v) is 8.25. The smallest absolute Gasteiger partial charge is 0.271 e. The number of hydrogen-bond acceptors (Lipinski definition) is 4. The second kappa shape index (κ2) is 8.20. The molecule has 5 nitrogen and oxygen atoms in total. The summed E-state index contributed by atoms with van der Waals surface area (Å²) in [6, 6.07) is 14.4. The molecule has 1 amide bonds. The predicted molar refractivity (Wildman–Crippen MR) is 98.1 cm³/mol. The Kier molecular flexibility index (Phi) is 5.53. The van der Waals surface area contributed by atoms with Crippen LogP contribution in [0.25, 0.3) is 0 Å². The van der Waals surface area contributed by atoms with Crippen LogP contribution in [-0.4, -0.2) is 15.9 Å². The lowest BCUT2D eigenvalue weighted by molar-refractivity contribution is 0.0945. The first kappa shape index (κ1) is 17.5. The first-order valence-electron chi connectivity index (χ1n) is 8.25. The number of amides is 1. The second-order valence-corrected chi connectivity index (χ2v) is 5.90. The molecule has 0 aliphatic rings. The van der Waals surface area contributed by atoms with E-state index in [2.05, 4.69) is 20.6 Å².